The number of carbonyl (C=O) groups is 1. The third-order valence-electron chi connectivity index (χ3n) is 3.76. The number of ether oxygens (including phenoxy) is 1. The van der Waals surface area contributed by atoms with E-state index in [4.69, 9.17) is 4.74 Å². The van der Waals surface area contributed by atoms with Gasteiger partial charge in [0.1, 0.15) is 5.75 Å². The number of benzene rings is 1. The fraction of sp³-hybridized carbons (Fsp3) is 0.533. The number of hydrogen-bond donors (Lipinski definition) is 1. The van der Waals surface area contributed by atoms with Gasteiger partial charge in [0.2, 0.25) is 0 Å². The average molecular weight is 249 g/mol. The van der Waals surface area contributed by atoms with Crippen molar-refractivity contribution in [2.75, 3.05) is 7.11 Å². The van der Waals surface area contributed by atoms with Gasteiger partial charge in [-0.1, -0.05) is 20.8 Å². The number of rotatable bonds is 6. The predicted molar refractivity (Wildman–Crippen MR) is 74.1 cm³/mol. The topological polar surface area (TPSA) is 38.3 Å². The van der Waals surface area contributed by atoms with E-state index < -0.39 is 0 Å². The quantitative estimate of drug-likeness (QED) is 0.839. The lowest BCUT2D eigenvalue weighted by Crippen LogP contribution is -2.47. The van der Waals surface area contributed by atoms with E-state index in [9.17, 15) is 4.79 Å². The van der Waals surface area contributed by atoms with Crippen LogP contribution < -0.4 is 10.1 Å². The van der Waals surface area contributed by atoms with E-state index in [0.717, 1.165) is 25.0 Å². The van der Waals surface area contributed by atoms with Crippen LogP contribution in [0.3, 0.4) is 0 Å². The second kappa shape index (κ2) is 6.43. The third-order valence-corrected chi connectivity index (χ3v) is 3.76. The van der Waals surface area contributed by atoms with Crippen LogP contribution in [0.1, 0.15) is 50.4 Å². The molecule has 18 heavy (non-hydrogen) atoms. The second-order valence-electron chi connectivity index (χ2n) is 4.52. The normalized spacial score (nSPS) is 11.1. The van der Waals surface area contributed by atoms with Gasteiger partial charge in [-0.2, -0.15) is 0 Å². The van der Waals surface area contributed by atoms with Crippen LogP contribution in [0.15, 0.2) is 24.3 Å². The number of amides is 1. The maximum atomic E-state index is 12.2. The van der Waals surface area contributed by atoms with Crippen molar-refractivity contribution in [1.29, 1.82) is 0 Å². The zero-order chi connectivity index (χ0) is 13.6. The van der Waals surface area contributed by atoms with Gasteiger partial charge in [0, 0.05) is 11.1 Å². The summed E-state index contributed by atoms with van der Waals surface area (Å²) in [5.41, 5.74) is 0.590. The van der Waals surface area contributed by atoms with Crippen molar-refractivity contribution >= 4 is 5.91 Å². The zero-order valence-electron chi connectivity index (χ0n) is 11.7. The lowest BCUT2D eigenvalue weighted by molar-refractivity contribution is 0.0888. The van der Waals surface area contributed by atoms with Gasteiger partial charge in [0.25, 0.3) is 5.91 Å². The summed E-state index contributed by atoms with van der Waals surface area (Å²) in [5, 5.41) is 3.15. The molecule has 1 rings (SSSR count). The molecule has 0 radical (unpaired) electrons. The highest BCUT2D eigenvalue weighted by atomic mass is 16.5. The highest BCUT2D eigenvalue weighted by Gasteiger charge is 2.26. The van der Waals surface area contributed by atoms with E-state index in [1.54, 1.807) is 31.4 Å². The fourth-order valence-corrected chi connectivity index (χ4v) is 2.07. The van der Waals surface area contributed by atoms with Gasteiger partial charge in [0.15, 0.2) is 0 Å². The van der Waals surface area contributed by atoms with Gasteiger partial charge in [-0.25, -0.2) is 0 Å². The number of methoxy groups -OCH3 is 1. The van der Waals surface area contributed by atoms with E-state index in [2.05, 4.69) is 26.1 Å². The minimum atomic E-state index is -0.0863. The first-order valence-electron chi connectivity index (χ1n) is 6.57. The standard InChI is InChI=1S/C15H23NO2/c1-5-15(6-2,7-3)16-14(17)12-8-10-13(18-4)11-9-12/h8-11H,5-7H2,1-4H3,(H,16,17). The molecule has 1 aromatic rings. The molecule has 1 amide bonds. The van der Waals surface area contributed by atoms with Crippen LogP contribution in [0, 0.1) is 0 Å². The minimum absolute atomic E-state index is 0.0109. The summed E-state index contributed by atoms with van der Waals surface area (Å²) < 4.78 is 5.08. The maximum Gasteiger partial charge on any atom is 0.251 e. The van der Waals surface area contributed by atoms with Gasteiger partial charge in [-0.15, -0.1) is 0 Å². The van der Waals surface area contributed by atoms with E-state index in [-0.39, 0.29) is 11.4 Å². The smallest absolute Gasteiger partial charge is 0.251 e. The molecule has 0 fully saturated rings. The van der Waals surface area contributed by atoms with Crippen molar-refractivity contribution in [3.63, 3.8) is 0 Å². The third kappa shape index (κ3) is 3.25. The van der Waals surface area contributed by atoms with Gasteiger partial charge >= 0.3 is 0 Å². The lowest BCUT2D eigenvalue weighted by atomic mass is 9.89. The summed E-state index contributed by atoms with van der Waals surface area (Å²) >= 11 is 0. The second-order valence-corrected chi connectivity index (χ2v) is 4.52. The molecule has 0 atom stereocenters. The maximum absolute atomic E-state index is 12.2. The molecule has 0 aromatic heterocycles. The monoisotopic (exact) mass is 249 g/mol. The number of carbonyl (C=O) groups excluding carboxylic acids is 1. The molecule has 100 valence electrons. The van der Waals surface area contributed by atoms with Crippen molar-refractivity contribution in [3.8, 4) is 5.75 Å². The Morgan fingerprint density at radius 2 is 1.61 bits per heavy atom. The van der Waals surface area contributed by atoms with E-state index in [1.807, 2.05) is 0 Å². The number of nitrogens with one attached hydrogen (secondary N) is 1. The fourth-order valence-electron chi connectivity index (χ4n) is 2.07. The van der Waals surface area contributed by atoms with Crippen LogP contribution in [-0.4, -0.2) is 18.6 Å². The SMILES string of the molecule is CCC(CC)(CC)NC(=O)c1ccc(OC)cc1. The number of hydrogen-bond acceptors (Lipinski definition) is 2. The van der Waals surface area contributed by atoms with Crippen LogP contribution in [0.4, 0.5) is 0 Å². The van der Waals surface area contributed by atoms with Gasteiger partial charge in [0.05, 0.1) is 7.11 Å². The molecule has 0 aliphatic heterocycles. The van der Waals surface area contributed by atoms with Crippen molar-refractivity contribution in [2.24, 2.45) is 0 Å². The molecular weight excluding hydrogens is 226 g/mol. The van der Waals surface area contributed by atoms with E-state index >= 15 is 0 Å². The van der Waals surface area contributed by atoms with Crippen LogP contribution >= 0.6 is 0 Å². The predicted octanol–water partition coefficient (Wildman–Crippen LogP) is 3.39. The van der Waals surface area contributed by atoms with Crippen molar-refractivity contribution in [2.45, 2.75) is 45.6 Å². The molecule has 0 spiro atoms. The molecule has 0 bridgehead atoms. The van der Waals surface area contributed by atoms with Crippen molar-refractivity contribution in [3.05, 3.63) is 29.8 Å². The Morgan fingerprint density at radius 3 is 2.00 bits per heavy atom. The minimum Gasteiger partial charge on any atom is -0.497 e. The first-order chi connectivity index (χ1) is 8.60. The average Bonchev–Trinajstić information content (AvgIpc) is 2.45. The van der Waals surface area contributed by atoms with Crippen LogP contribution in [0.25, 0.3) is 0 Å². The Morgan fingerprint density at radius 1 is 1.11 bits per heavy atom. The summed E-state index contributed by atoms with van der Waals surface area (Å²) in [6, 6.07) is 7.20. The highest BCUT2D eigenvalue weighted by Crippen LogP contribution is 2.20. The van der Waals surface area contributed by atoms with Crippen LogP contribution in [-0.2, 0) is 0 Å². The van der Waals surface area contributed by atoms with E-state index in [1.165, 1.54) is 0 Å². The highest BCUT2D eigenvalue weighted by molar-refractivity contribution is 5.94. The largest absolute Gasteiger partial charge is 0.497 e. The molecule has 3 nitrogen and oxygen atoms in total. The molecule has 0 aliphatic rings. The Bertz CT molecular complexity index is 372. The van der Waals surface area contributed by atoms with Gasteiger partial charge in [-0.3, -0.25) is 4.79 Å². The molecule has 0 saturated heterocycles. The first-order valence-corrected chi connectivity index (χ1v) is 6.57. The zero-order valence-corrected chi connectivity index (χ0v) is 11.7. The Hall–Kier alpha value is -1.51. The van der Waals surface area contributed by atoms with E-state index in [0.29, 0.717) is 5.56 Å². The summed E-state index contributed by atoms with van der Waals surface area (Å²) in [4.78, 5) is 12.2. The molecule has 0 heterocycles. The molecule has 1 aromatic carbocycles. The molecule has 1 N–H and O–H groups in total. The van der Waals surface area contributed by atoms with Gasteiger partial charge < -0.3 is 10.1 Å². The Labute approximate surface area is 110 Å². The summed E-state index contributed by atoms with van der Waals surface area (Å²) in [6.07, 6.45) is 2.84. The summed E-state index contributed by atoms with van der Waals surface area (Å²) in [6.45, 7) is 6.34. The van der Waals surface area contributed by atoms with Crippen molar-refractivity contribution < 1.29 is 9.53 Å². The first kappa shape index (κ1) is 14.6. The lowest BCUT2D eigenvalue weighted by Gasteiger charge is -2.31. The summed E-state index contributed by atoms with van der Waals surface area (Å²) in [5.74, 6) is 0.752. The van der Waals surface area contributed by atoms with Crippen LogP contribution in [0.5, 0.6) is 5.75 Å². The Kier molecular flexibility index (Phi) is 5.20. The molecular formula is C15H23NO2. The molecule has 3 heteroatoms. The summed E-state index contributed by atoms with van der Waals surface area (Å²) in [7, 11) is 1.62. The van der Waals surface area contributed by atoms with Crippen LogP contribution in [0.2, 0.25) is 0 Å². The molecule has 0 unspecified atom stereocenters. The molecule has 0 aliphatic carbocycles. The Balaban J connectivity index is 2.80. The van der Waals surface area contributed by atoms with Gasteiger partial charge in [-0.05, 0) is 43.5 Å². The van der Waals surface area contributed by atoms with Crippen molar-refractivity contribution in [1.82, 2.24) is 5.32 Å². The molecule has 0 saturated carbocycles.